The summed E-state index contributed by atoms with van der Waals surface area (Å²) in [4.78, 5) is 16.7. The minimum absolute atomic E-state index is 0.0112. The number of carbonyl (C=O) groups is 1. The first-order valence-electron chi connectivity index (χ1n) is 11.1. The Balaban J connectivity index is 1.25. The number of aliphatic hydroxyl groups excluding tert-OH is 1. The van der Waals surface area contributed by atoms with Crippen LogP contribution < -0.4 is 5.32 Å². The molecule has 1 amide bonds. The number of aliphatic hydroxyl groups is 1. The van der Waals surface area contributed by atoms with E-state index in [0.717, 1.165) is 18.4 Å². The zero-order valence-electron chi connectivity index (χ0n) is 17.7. The molecule has 8 heteroatoms. The summed E-state index contributed by atoms with van der Waals surface area (Å²) in [6.45, 7) is 5.11. The highest BCUT2D eigenvalue weighted by Gasteiger charge is 2.40. The summed E-state index contributed by atoms with van der Waals surface area (Å²) < 4.78 is 23.5. The van der Waals surface area contributed by atoms with Crippen molar-refractivity contribution in [2.75, 3.05) is 44.2 Å². The number of benzene rings is 1. The van der Waals surface area contributed by atoms with Crippen LogP contribution in [-0.4, -0.2) is 85.6 Å². The van der Waals surface area contributed by atoms with E-state index >= 15 is 0 Å². The van der Waals surface area contributed by atoms with Crippen LogP contribution in [-0.2, 0) is 27.5 Å². The second-order valence-corrected chi connectivity index (χ2v) is 11.2. The maximum Gasteiger partial charge on any atom is 0.234 e. The average molecular weight is 436 g/mol. The Morgan fingerprint density at radius 3 is 2.50 bits per heavy atom. The number of nitrogens with zero attached hydrogens (tertiary/aromatic N) is 2. The Morgan fingerprint density at radius 1 is 1.13 bits per heavy atom. The van der Waals surface area contributed by atoms with Crippen molar-refractivity contribution in [3.63, 3.8) is 0 Å². The van der Waals surface area contributed by atoms with Crippen molar-refractivity contribution in [2.24, 2.45) is 0 Å². The van der Waals surface area contributed by atoms with Gasteiger partial charge in [-0.05, 0) is 49.3 Å². The number of piperazine rings is 1. The summed E-state index contributed by atoms with van der Waals surface area (Å²) in [7, 11) is -3.14. The first kappa shape index (κ1) is 21.7. The lowest BCUT2D eigenvalue weighted by Gasteiger charge is -2.38. The van der Waals surface area contributed by atoms with Gasteiger partial charge in [0.05, 0.1) is 36.2 Å². The average Bonchev–Trinajstić information content (AvgIpc) is 3.00. The summed E-state index contributed by atoms with van der Waals surface area (Å²) >= 11 is 0. The highest BCUT2D eigenvalue weighted by atomic mass is 32.2. The molecule has 0 radical (unpaired) electrons. The molecule has 4 rings (SSSR count). The summed E-state index contributed by atoms with van der Waals surface area (Å²) in [6.07, 6.45) is 3.99. The topological polar surface area (TPSA) is 90.0 Å². The van der Waals surface area contributed by atoms with Gasteiger partial charge in [-0.1, -0.05) is 18.2 Å². The smallest absolute Gasteiger partial charge is 0.234 e. The van der Waals surface area contributed by atoms with Gasteiger partial charge in [0.2, 0.25) is 5.91 Å². The molecule has 166 valence electrons. The molecule has 7 nitrogen and oxygen atoms in total. The van der Waals surface area contributed by atoms with Crippen LogP contribution in [0.15, 0.2) is 18.2 Å². The lowest BCUT2D eigenvalue weighted by Crippen LogP contribution is -2.55. The zero-order valence-corrected chi connectivity index (χ0v) is 18.5. The van der Waals surface area contributed by atoms with Crippen LogP contribution >= 0.6 is 0 Å². The molecule has 1 aromatic carbocycles. The molecular weight excluding hydrogens is 402 g/mol. The lowest BCUT2D eigenvalue weighted by molar-refractivity contribution is -0.123. The second-order valence-electron chi connectivity index (χ2n) is 9.05. The monoisotopic (exact) mass is 435 g/mol. The number of amides is 1. The fourth-order valence-electron chi connectivity index (χ4n) is 5.01. The zero-order chi connectivity index (χ0) is 21.3. The van der Waals surface area contributed by atoms with Gasteiger partial charge in [-0.15, -0.1) is 0 Å². The van der Waals surface area contributed by atoms with Crippen LogP contribution in [0.1, 0.15) is 42.5 Å². The fraction of sp³-hybridized carbons (Fsp3) is 0.682. The van der Waals surface area contributed by atoms with Gasteiger partial charge in [-0.25, -0.2) is 8.42 Å². The minimum Gasteiger partial charge on any atom is -0.390 e. The quantitative estimate of drug-likeness (QED) is 0.701. The van der Waals surface area contributed by atoms with Crippen LogP contribution in [0.3, 0.4) is 0 Å². The number of hydrogen-bond donors (Lipinski definition) is 2. The van der Waals surface area contributed by atoms with E-state index in [1.54, 1.807) is 0 Å². The molecule has 2 fully saturated rings. The molecule has 2 aliphatic heterocycles. The molecule has 1 aromatic rings. The molecule has 0 saturated carbocycles. The Hall–Kier alpha value is -1.48. The molecule has 3 aliphatic rings. The summed E-state index contributed by atoms with van der Waals surface area (Å²) in [6, 6.07) is 6.26. The van der Waals surface area contributed by atoms with Crippen molar-refractivity contribution in [3.8, 4) is 0 Å². The van der Waals surface area contributed by atoms with Crippen molar-refractivity contribution in [1.29, 1.82) is 0 Å². The number of sulfone groups is 1. The number of aryl methyl sites for hydroxylation is 2. The second kappa shape index (κ2) is 8.94. The van der Waals surface area contributed by atoms with Gasteiger partial charge >= 0.3 is 0 Å². The molecule has 0 spiro atoms. The van der Waals surface area contributed by atoms with E-state index in [4.69, 9.17) is 0 Å². The van der Waals surface area contributed by atoms with E-state index in [0.29, 0.717) is 32.7 Å². The Morgan fingerprint density at radius 2 is 1.83 bits per heavy atom. The van der Waals surface area contributed by atoms with Crippen molar-refractivity contribution >= 4 is 15.7 Å². The molecule has 2 heterocycles. The first-order chi connectivity index (χ1) is 14.3. The Kier molecular flexibility index (Phi) is 6.48. The van der Waals surface area contributed by atoms with Gasteiger partial charge in [-0.2, -0.15) is 0 Å². The van der Waals surface area contributed by atoms with Crippen molar-refractivity contribution in [3.05, 3.63) is 34.9 Å². The van der Waals surface area contributed by atoms with E-state index in [2.05, 4.69) is 33.3 Å². The normalized spacial score (nSPS) is 28.1. The fourth-order valence-corrected chi connectivity index (χ4v) is 6.84. The largest absolute Gasteiger partial charge is 0.390 e. The molecule has 30 heavy (non-hydrogen) atoms. The number of carbonyl (C=O) groups excluding carboxylic acids is 1. The first-order valence-corrected chi connectivity index (χ1v) is 12.9. The van der Waals surface area contributed by atoms with Crippen molar-refractivity contribution < 1.29 is 18.3 Å². The molecular formula is C22H33N3O4S. The molecule has 0 bridgehead atoms. The van der Waals surface area contributed by atoms with Crippen LogP contribution in [0.25, 0.3) is 0 Å². The summed E-state index contributed by atoms with van der Waals surface area (Å²) in [5.41, 5.74) is 4.03. The molecule has 3 unspecified atom stereocenters. The standard InChI is InChI=1S/C22H33N3O4S/c1-16(18-7-6-17-4-2-3-5-19(17)12-18)23-22(27)13-24-8-10-25(11-9-24)20-14-30(28,29)15-21(20)26/h6-7,12,16,20-21,26H,2-5,8-11,13-15H2,1H3,(H,23,27). The number of nitrogens with one attached hydrogen (secondary N) is 1. The van der Waals surface area contributed by atoms with Crippen LogP contribution in [0.4, 0.5) is 0 Å². The predicted octanol–water partition coefficient (Wildman–Crippen LogP) is 0.518. The maximum atomic E-state index is 12.6. The Labute approximate surface area is 179 Å². The van der Waals surface area contributed by atoms with Gasteiger partial charge < -0.3 is 10.4 Å². The van der Waals surface area contributed by atoms with E-state index < -0.39 is 15.9 Å². The number of hydrogen-bond acceptors (Lipinski definition) is 6. The lowest BCUT2D eigenvalue weighted by atomic mass is 9.89. The number of fused-ring (bicyclic) bond motifs is 1. The predicted molar refractivity (Wildman–Crippen MR) is 116 cm³/mol. The van der Waals surface area contributed by atoms with Crippen LogP contribution in [0.5, 0.6) is 0 Å². The van der Waals surface area contributed by atoms with Gasteiger partial charge in [0.25, 0.3) is 0 Å². The van der Waals surface area contributed by atoms with Crippen LogP contribution in [0, 0.1) is 0 Å². The minimum atomic E-state index is -3.14. The third-order valence-electron chi connectivity index (χ3n) is 6.79. The van der Waals surface area contributed by atoms with E-state index in [-0.39, 0.29) is 29.5 Å². The number of rotatable bonds is 5. The summed E-state index contributed by atoms with van der Waals surface area (Å²) in [5.74, 6) is -0.0921. The van der Waals surface area contributed by atoms with Crippen molar-refractivity contribution in [2.45, 2.75) is 50.8 Å². The molecule has 3 atom stereocenters. The highest BCUT2D eigenvalue weighted by Crippen LogP contribution is 2.25. The SMILES string of the molecule is CC(NC(=O)CN1CCN(C2CS(=O)(=O)CC2O)CC1)c1ccc2c(c1)CCCC2. The molecule has 2 N–H and O–H groups in total. The van der Waals surface area contributed by atoms with E-state index in [1.165, 1.54) is 24.0 Å². The van der Waals surface area contributed by atoms with Crippen molar-refractivity contribution in [1.82, 2.24) is 15.1 Å². The van der Waals surface area contributed by atoms with Crippen LogP contribution in [0.2, 0.25) is 0 Å². The van der Waals surface area contributed by atoms with E-state index in [1.807, 2.05) is 6.92 Å². The molecule has 0 aromatic heterocycles. The Bertz CT molecular complexity index is 880. The third-order valence-corrected chi connectivity index (χ3v) is 8.49. The summed E-state index contributed by atoms with van der Waals surface area (Å²) in [5, 5.41) is 13.2. The van der Waals surface area contributed by atoms with Gasteiger partial charge in [-0.3, -0.25) is 14.6 Å². The third kappa shape index (κ3) is 5.04. The van der Waals surface area contributed by atoms with E-state index in [9.17, 15) is 18.3 Å². The molecule has 1 aliphatic carbocycles. The van der Waals surface area contributed by atoms with Gasteiger partial charge in [0.15, 0.2) is 9.84 Å². The van der Waals surface area contributed by atoms with Gasteiger partial charge in [0, 0.05) is 26.2 Å². The highest BCUT2D eigenvalue weighted by molar-refractivity contribution is 7.91. The van der Waals surface area contributed by atoms with Gasteiger partial charge in [0.1, 0.15) is 0 Å². The maximum absolute atomic E-state index is 12.6. The molecule has 2 saturated heterocycles.